The number of thiophene rings is 1. The van der Waals surface area contributed by atoms with E-state index in [-0.39, 0.29) is 5.78 Å². The Kier molecular flexibility index (Phi) is 4.99. The lowest BCUT2D eigenvalue weighted by Gasteiger charge is -2.14. The van der Waals surface area contributed by atoms with Crippen LogP contribution >= 0.6 is 34.5 Å². The molecule has 1 aromatic carbocycles. The molecule has 0 aliphatic rings. The quantitative estimate of drug-likeness (QED) is 0.764. The molecule has 0 atom stereocenters. The number of benzene rings is 1. The van der Waals surface area contributed by atoms with Gasteiger partial charge < -0.3 is 0 Å². The van der Waals surface area contributed by atoms with Crippen molar-refractivity contribution in [2.45, 2.75) is 6.54 Å². The van der Waals surface area contributed by atoms with Gasteiger partial charge in [0.1, 0.15) is 0 Å². The summed E-state index contributed by atoms with van der Waals surface area (Å²) < 4.78 is 0.768. The van der Waals surface area contributed by atoms with Crippen molar-refractivity contribution >= 4 is 40.3 Å². The molecule has 0 fully saturated rings. The van der Waals surface area contributed by atoms with Gasteiger partial charge in [0.05, 0.1) is 10.9 Å². The number of halogens is 2. The van der Waals surface area contributed by atoms with E-state index >= 15 is 0 Å². The molecular weight excluding hydrogens is 301 g/mol. The molecule has 0 saturated heterocycles. The molecule has 0 amide bonds. The van der Waals surface area contributed by atoms with E-state index in [1.54, 1.807) is 24.3 Å². The van der Waals surface area contributed by atoms with Crippen LogP contribution in [0.15, 0.2) is 36.4 Å². The Morgan fingerprint density at radius 1 is 1.26 bits per heavy atom. The Morgan fingerprint density at radius 3 is 2.68 bits per heavy atom. The van der Waals surface area contributed by atoms with Crippen LogP contribution in [0.1, 0.15) is 15.2 Å². The van der Waals surface area contributed by atoms with Crippen molar-refractivity contribution in [3.8, 4) is 0 Å². The first-order valence-corrected chi connectivity index (χ1v) is 7.33. The van der Waals surface area contributed by atoms with Crippen LogP contribution in [0.3, 0.4) is 0 Å². The molecule has 0 aliphatic heterocycles. The zero-order valence-electron chi connectivity index (χ0n) is 10.4. The number of nitrogens with zero attached hydrogens (tertiary/aromatic N) is 1. The number of carbonyl (C=O) groups excluding carboxylic acids is 1. The van der Waals surface area contributed by atoms with Crippen molar-refractivity contribution in [3.05, 3.63) is 56.2 Å². The Balaban J connectivity index is 1.95. The molecule has 0 N–H and O–H groups in total. The summed E-state index contributed by atoms with van der Waals surface area (Å²) in [6.07, 6.45) is 0. The van der Waals surface area contributed by atoms with Crippen molar-refractivity contribution in [3.63, 3.8) is 0 Å². The van der Waals surface area contributed by atoms with Crippen molar-refractivity contribution in [1.29, 1.82) is 0 Å². The number of ketones is 1. The van der Waals surface area contributed by atoms with E-state index in [0.717, 1.165) is 9.21 Å². The maximum absolute atomic E-state index is 12.1. The van der Waals surface area contributed by atoms with Crippen molar-refractivity contribution in [1.82, 2.24) is 4.90 Å². The van der Waals surface area contributed by atoms with Crippen LogP contribution in [0.25, 0.3) is 0 Å². The first-order valence-electron chi connectivity index (χ1n) is 5.76. The molecular formula is C14H13Cl2NOS. The highest BCUT2D eigenvalue weighted by Crippen LogP contribution is 2.22. The molecule has 2 rings (SSSR count). The number of carbonyl (C=O) groups is 1. The highest BCUT2D eigenvalue weighted by Gasteiger charge is 2.11. The summed E-state index contributed by atoms with van der Waals surface area (Å²) in [6, 6.07) is 10.9. The van der Waals surface area contributed by atoms with Gasteiger partial charge in [-0.15, -0.1) is 11.3 Å². The molecule has 5 heteroatoms. The van der Waals surface area contributed by atoms with Gasteiger partial charge >= 0.3 is 0 Å². The summed E-state index contributed by atoms with van der Waals surface area (Å²) in [7, 11) is 1.91. The average molecular weight is 314 g/mol. The van der Waals surface area contributed by atoms with E-state index in [9.17, 15) is 4.79 Å². The van der Waals surface area contributed by atoms with Crippen molar-refractivity contribution in [2.75, 3.05) is 13.6 Å². The number of Topliss-reactive ketones (excluding diaryl/α,β-unsaturated/α-hetero) is 1. The third-order valence-electron chi connectivity index (χ3n) is 2.61. The minimum absolute atomic E-state index is 0.0626. The fourth-order valence-corrected chi connectivity index (χ4v) is 3.12. The maximum Gasteiger partial charge on any atom is 0.176 e. The molecule has 2 nitrogen and oxygen atoms in total. The molecule has 0 radical (unpaired) electrons. The fraction of sp³-hybridized carbons (Fsp3) is 0.214. The third-order valence-corrected chi connectivity index (χ3v) is 4.07. The molecule has 0 saturated carbocycles. The highest BCUT2D eigenvalue weighted by atomic mass is 35.5. The Morgan fingerprint density at radius 2 is 2.05 bits per heavy atom. The Labute approximate surface area is 126 Å². The molecule has 2 aromatic rings. The Bertz CT molecular complexity index is 582. The first-order chi connectivity index (χ1) is 9.04. The van der Waals surface area contributed by atoms with E-state index in [1.165, 1.54) is 11.3 Å². The standard InChI is InChI=1S/C14H13Cl2NOS/c1-17(8-12-5-6-14(16)19-12)9-13(18)10-3-2-4-11(15)7-10/h2-7H,8-9H2,1H3. The third kappa shape index (κ3) is 4.32. The Hall–Kier alpha value is -0.870. The van der Waals surface area contributed by atoms with E-state index in [2.05, 4.69) is 0 Å². The molecule has 0 aliphatic carbocycles. The van der Waals surface area contributed by atoms with Crippen LogP contribution in [0.5, 0.6) is 0 Å². The smallest absolute Gasteiger partial charge is 0.176 e. The summed E-state index contributed by atoms with van der Waals surface area (Å²) in [5.41, 5.74) is 0.642. The van der Waals surface area contributed by atoms with E-state index in [0.29, 0.717) is 23.7 Å². The van der Waals surface area contributed by atoms with Crippen molar-refractivity contribution in [2.24, 2.45) is 0 Å². The van der Waals surface area contributed by atoms with Crippen LogP contribution in [-0.2, 0) is 6.54 Å². The van der Waals surface area contributed by atoms with Gasteiger partial charge in [-0.25, -0.2) is 0 Å². The molecule has 0 spiro atoms. The maximum atomic E-state index is 12.1. The normalized spacial score (nSPS) is 10.9. The molecule has 19 heavy (non-hydrogen) atoms. The molecule has 1 aromatic heterocycles. The first kappa shape index (κ1) is 14.5. The van der Waals surface area contributed by atoms with E-state index in [1.807, 2.05) is 24.1 Å². The van der Waals surface area contributed by atoms with Gasteiger partial charge in [-0.05, 0) is 31.3 Å². The van der Waals surface area contributed by atoms with Gasteiger partial charge in [0.2, 0.25) is 0 Å². The van der Waals surface area contributed by atoms with Gasteiger partial charge in [-0.3, -0.25) is 9.69 Å². The SMILES string of the molecule is CN(CC(=O)c1cccc(Cl)c1)Cc1ccc(Cl)s1. The molecule has 0 unspecified atom stereocenters. The summed E-state index contributed by atoms with van der Waals surface area (Å²) in [4.78, 5) is 15.2. The zero-order valence-corrected chi connectivity index (χ0v) is 12.7. The lowest BCUT2D eigenvalue weighted by atomic mass is 10.1. The summed E-state index contributed by atoms with van der Waals surface area (Å²) in [5, 5.41) is 0.582. The zero-order chi connectivity index (χ0) is 13.8. The second-order valence-corrected chi connectivity index (χ2v) is 6.55. The van der Waals surface area contributed by atoms with Crippen molar-refractivity contribution < 1.29 is 4.79 Å². The van der Waals surface area contributed by atoms with Gasteiger partial charge in [-0.2, -0.15) is 0 Å². The lowest BCUT2D eigenvalue weighted by Crippen LogP contribution is -2.25. The minimum atomic E-state index is 0.0626. The summed E-state index contributed by atoms with van der Waals surface area (Å²) >= 11 is 13.3. The number of likely N-dealkylation sites (N-methyl/N-ethyl adjacent to an activating group) is 1. The van der Waals surface area contributed by atoms with Gasteiger partial charge in [0.15, 0.2) is 5.78 Å². The van der Waals surface area contributed by atoms with Crippen LogP contribution in [0.2, 0.25) is 9.36 Å². The average Bonchev–Trinajstić information content (AvgIpc) is 2.74. The second kappa shape index (κ2) is 6.53. The van der Waals surface area contributed by atoms with E-state index in [4.69, 9.17) is 23.2 Å². The monoisotopic (exact) mass is 313 g/mol. The number of hydrogen-bond donors (Lipinski definition) is 0. The lowest BCUT2D eigenvalue weighted by molar-refractivity contribution is 0.0943. The van der Waals surface area contributed by atoms with Crippen LogP contribution in [0.4, 0.5) is 0 Å². The largest absolute Gasteiger partial charge is 0.294 e. The molecule has 100 valence electrons. The summed E-state index contributed by atoms with van der Waals surface area (Å²) in [5.74, 6) is 0.0626. The van der Waals surface area contributed by atoms with Crippen LogP contribution < -0.4 is 0 Å². The molecule has 0 bridgehead atoms. The summed E-state index contributed by atoms with van der Waals surface area (Å²) in [6.45, 7) is 1.07. The van der Waals surface area contributed by atoms with Crippen LogP contribution in [-0.4, -0.2) is 24.3 Å². The van der Waals surface area contributed by atoms with Gasteiger partial charge in [-0.1, -0.05) is 35.3 Å². The highest BCUT2D eigenvalue weighted by molar-refractivity contribution is 7.16. The second-order valence-electron chi connectivity index (χ2n) is 4.31. The fourth-order valence-electron chi connectivity index (χ4n) is 1.76. The van der Waals surface area contributed by atoms with Gasteiger partial charge in [0.25, 0.3) is 0 Å². The predicted molar refractivity (Wildman–Crippen MR) is 81.4 cm³/mol. The van der Waals surface area contributed by atoms with Crippen LogP contribution in [0, 0.1) is 0 Å². The minimum Gasteiger partial charge on any atom is -0.294 e. The van der Waals surface area contributed by atoms with Gasteiger partial charge in [0, 0.05) is 22.0 Å². The number of rotatable bonds is 5. The number of hydrogen-bond acceptors (Lipinski definition) is 3. The topological polar surface area (TPSA) is 20.3 Å². The van der Waals surface area contributed by atoms with E-state index < -0.39 is 0 Å². The molecule has 1 heterocycles. The predicted octanol–water partition coefficient (Wildman–Crippen LogP) is 4.37.